The van der Waals surface area contributed by atoms with Gasteiger partial charge in [-0.25, -0.2) is 4.98 Å². The lowest BCUT2D eigenvalue weighted by molar-refractivity contribution is 0.122. The van der Waals surface area contributed by atoms with Crippen LogP contribution in [-0.4, -0.2) is 80.4 Å². The van der Waals surface area contributed by atoms with E-state index >= 15 is 0 Å². The Morgan fingerprint density at radius 1 is 1.12 bits per heavy atom. The van der Waals surface area contributed by atoms with Gasteiger partial charge in [0.25, 0.3) is 0 Å². The van der Waals surface area contributed by atoms with Crippen LogP contribution in [0, 0.1) is 0 Å². The first kappa shape index (κ1) is 19.9. The van der Waals surface area contributed by atoms with Crippen LogP contribution in [0.5, 0.6) is 0 Å². The molecule has 0 saturated carbocycles. The van der Waals surface area contributed by atoms with Gasteiger partial charge in [-0.2, -0.15) is 4.98 Å². The average molecular weight is 351 g/mol. The third kappa shape index (κ3) is 7.54. The summed E-state index contributed by atoms with van der Waals surface area (Å²) in [4.78, 5) is 13.6. The molecule has 0 spiro atoms. The predicted molar refractivity (Wildman–Crippen MR) is 103 cm³/mol. The number of rotatable bonds is 12. The Morgan fingerprint density at radius 3 is 2.64 bits per heavy atom. The highest BCUT2D eigenvalue weighted by Gasteiger charge is 2.13. The van der Waals surface area contributed by atoms with Crippen molar-refractivity contribution in [2.24, 2.45) is 0 Å². The van der Waals surface area contributed by atoms with E-state index in [1.165, 1.54) is 13.0 Å². The first-order valence-electron chi connectivity index (χ1n) is 9.66. The van der Waals surface area contributed by atoms with Crippen LogP contribution in [0.15, 0.2) is 12.3 Å². The third-order valence-corrected chi connectivity index (χ3v) is 4.50. The Balaban J connectivity index is 1.56. The third-order valence-electron chi connectivity index (χ3n) is 4.50. The first-order chi connectivity index (χ1) is 12.3. The lowest BCUT2D eigenvalue weighted by Gasteiger charge is -2.26. The van der Waals surface area contributed by atoms with Gasteiger partial charge in [-0.3, -0.25) is 0 Å². The minimum Gasteiger partial charge on any atom is -0.378 e. The molecule has 1 aromatic heterocycles. The van der Waals surface area contributed by atoms with Crippen molar-refractivity contribution in [1.82, 2.24) is 20.2 Å². The molecule has 0 aliphatic carbocycles. The molecule has 7 nitrogen and oxygen atoms in total. The molecule has 142 valence electrons. The number of ether oxygens (including phenoxy) is 1. The molecule has 1 aliphatic rings. The van der Waals surface area contributed by atoms with Gasteiger partial charge in [-0.1, -0.05) is 13.8 Å². The van der Waals surface area contributed by atoms with Crippen LogP contribution < -0.4 is 15.5 Å². The van der Waals surface area contributed by atoms with Crippen molar-refractivity contribution in [3.05, 3.63) is 12.3 Å². The van der Waals surface area contributed by atoms with Crippen LogP contribution in [0.1, 0.15) is 26.7 Å². The van der Waals surface area contributed by atoms with E-state index in [0.29, 0.717) is 0 Å². The van der Waals surface area contributed by atoms with Gasteiger partial charge >= 0.3 is 0 Å². The van der Waals surface area contributed by atoms with Crippen molar-refractivity contribution >= 4 is 11.8 Å². The molecule has 2 rings (SSSR count). The van der Waals surface area contributed by atoms with Gasteiger partial charge in [0.2, 0.25) is 5.95 Å². The zero-order valence-corrected chi connectivity index (χ0v) is 15.8. The summed E-state index contributed by atoms with van der Waals surface area (Å²) in [6.45, 7) is 14.2. The number of nitrogens with zero attached hydrogens (tertiary/aromatic N) is 4. The molecule has 1 fully saturated rings. The smallest absolute Gasteiger partial charge is 0.227 e. The Bertz CT molecular complexity index is 463. The molecule has 0 bridgehead atoms. The SMILES string of the molecule is CCN(CC)CCCNCCCNc1ccnc(N2CCOCC2)n1. The van der Waals surface area contributed by atoms with E-state index in [0.717, 1.165) is 77.2 Å². The van der Waals surface area contributed by atoms with Gasteiger partial charge in [-0.15, -0.1) is 0 Å². The molecule has 2 N–H and O–H groups in total. The van der Waals surface area contributed by atoms with E-state index in [2.05, 4.69) is 44.2 Å². The molecular formula is C18H34N6O. The van der Waals surface area contributed by atoms with E-state index in [1.54, 1.807) is 0 Å². The maximum absolute atomic E-state index is 5.37. The molecule has 0 unspecified atom stereocenters. The number of nitrogens with one attached hydrogen (secondary N) is 2. The highest BCUT2D eigenvalue weighted by atomic mass is 16.5. The summed E-state index contributed by atoms with van der Waals surface area (Å²) >= 11 is 0. The van der Waals surface area contributed by atoms with E-state index in [1.807, 2.05) is 12.3 Å². The van der Waals surface area contributed by atoms with Crippen LogP contribution in [0.3, 0.4) is 0 Å². The van der Waals surface area contributed by atoms with E-state index in [-0.39, 0.29) is 0 Å². The zero-order valence-electron chi connectivity index (χ0n) is 15.8. The monoisotopic (exact) mass is 350 g/mol. The second-order valence-corrected chi connectivity index (χ2v) is 6.25. The van der Waals surface area contributed by atoms with Gasteiger partial charge in [0.05, 0.1) is 13.2 Å². The summed E-state index contributed by atoms with van der Waals surface area (Å²) in [5.74, 6) is 1.70. The Hall–Kier alpha value is -1.44. The highest BCUT2D eigenvalue weighted by Crippen LogP contribution is 2.12. The average Bonchev–Trinajstić information content (AvgIpc) is 2.68. The maximum atomic E-state index is 5.37. The number of anilines is 2. The second kappa shape index (κ2) is 12.0. The van der Waals surface area contributed by atoms with Crippen LogP contribution >= 0.6 is 0 Å². The van der Waals surface area contributed by atoms with Crippen molar-refractivity contribution in [2.75, 3.05) is 75.8 Å². The fraction of sp³-hybridized carbons (Fsp3) is 0.778. The second-order valence-electron chi connectivity index (χ2n) is 6.25. The minimum atomic E-state index is 0.751. The van der Waals surface area contributed by atoms with Crippen molar-refractivity contribution in [3.8, 4) is 0 Å². The molecule has 0 radical (unpaired) electrons. The molecule has 1 aliphatic heterocycles. The highest BCUT2D eigenvalue weighted by molar-refractivity contribution is 5.41. The fourth-order valence-electron chi connectivity index (χ4n) is 2.88. The Morgan fingerprint density at radius 2 is 1.88 bits per heavy atom. The quantitative estimate of drug-likeness (QED) is 0.553. The predicted octanol–water partition coefficient (Wildman–Crippen LogP) is 1.44. The maximum Gasteiger partial charge on any atom is 0.227 e. The largest absolute Gasteiger partial charge is 0.378 e. The van der Waals surface area contributed by atoms with Crippen LogP contribution in [0.25, 0.3) is 0 Å². The standard InChI is InChI=1S/C18H34N6O/c1-3-23(4-2)12-6-9-19-8-5-10-20-17-7-11-21-18(22-17)24-13-15-25-16-14-24/h7,11,19H,3-6,8-10,12-16H2,1-2H3,(H,20,21,22). The van der Waals surface area contributed by atoms with Crippen LogP contribution in [0.2, 0.25) is 0 Å². The van der Waals surface area contributed by atoms with Crippen LogP contribution in [0.4, 0.5) is 11.8 Å². The van der Waals surface area contributed by atoms with Crippen LogP contribution in [-0.2, 0) is 4.74 Å². The van der Waals surface area contributed by atoms with Crippen molar-refractivity contribution < 1.29 is 4.74 Å². The fourth-order valence-corrected chi connectivity index (χ4v) is 2.88. The molecule has 0 aromatic carbocycles. The minimum absolute atomic E-state index is 0.751. The Labute approximate surface area is 152 Å². The number of hydrogen-bond donors (Lipinski definition) is 2. The molecule has 0 amide bonds. The number of hydrogen-bond acceptors (Lipinski definition) is 7. The van der Waals surface area contributed by atoms with Gasteiger partial charge in [0.15, 0.2) is 0 Å². The Kier molecular flexibility index (Phi) is 9.54. The zero-order chi connectivity index (χ0) is 17.7. The lowest BCUT2D eigenvalue weighted by atomic mass is 10.3. The molecule has 2 heterocycles. The number of aromatic nitrogens is 2. The molecule has 7 heteroatoms. The molecule has 25 heavy (non-hydrogen) atoms. The summed E-state index contributed by atoms with van der Waals surface area (Å²) in [6, 6.07) is 1.93. The number of morpholine rings is 1. The van der Waals surface area contributed by atoms with Gasteiger partial charge in [0.1, 0.15) is 5.82 Å². The summed E-state index contributed by atoms with van der Waals surface area (Å²) < 4.78 is 5.37. The molecule has 1 aromatic rings. The summed E-state index contributed by atoms with van der Waals surface area (Å²) in [7, 11) is 0. The topological polar surface area (TPSA) is 65.5 Å². The summed E-state index contributed by atoms with van der Waals surface area (Å²) in [5, 5.41) is 6.91. The molecular weight excluding hydrogens is 316 g/mol. The van der Waals surface area contributed by atoms with Crippen molar-refractivity contribution in [3.63, 3.8) is 0 Å². The van der Waals surface area contributed by atoms with Crippen molar-refractivity contribution in [1.29, 1.82) is 0 Å². The normalized spacial score (nSPS) is 14.9. The lowest BCUT2D eigenvalue weighted by Crippen LogP contribution is -2.37. The van der Waals surface area contributed by atoms with E-state index < -0.39 is 0 Å². The van der Waals surface area contributed by atoms with Gasteiger partial charge < -0.3 is 25.2 Å². The molecule has 0 atom stereocenters. The van der Waals surface area contributed by atoms with E-state index in [4.69, 9.17) is 4.74 Å². The van der Waals surface area contributed by atoms with Crippen molar-refractivity contribution in [2.45, 2.75) is 26.7 Å². The van der Waals surface area contributed by atoms with Gasteiger partial charge in [0, 0.05) is 25.8 Å². The molecule has 1 saturated heterocycles. The summed E-state index contributed by atoms with van der Waals surface area (Å²) in [5.41, 5.74) is 0. The van der Waals surface area contributed by atoms with E-state index in [9.17, 15) is 0 Å². The first-order valence-corrected chi connectivity index (χ1v) is 9.66. The van der Waals surface area contributed by atoms with Gasteiger partial charge in [-0.05, 0) is 51.6 Å². The summed E-state index contributed by atoms with van der Waals surface area (Å²) in [6.07, 6.45) is 4.12.